The van der Waals surface area contributed by atoms with Gasteiger partial charge in [0.2, 0.25) is 5.75 Å². The first-order valence-corrected chi connectivity index (χ1v) is 6.88. The van der Waals surface area contributed by atoms with Crippen LogP contribution in [0, 0.1) is 10.1 Å². The zero-order chi connectivity index (χ0) is 17.3. The summed E-state index contributed by atoms with van der Waals surface area (Å²) in [6.45, 7) is -0.627. The smallest absolute Gasteiger partial charge is 0.331 e. The van der Waals surface area contributed by atoms with E-state index < -0.39 is 29.3 Å². The summed E-state index contributed by atoms with van der Waals surface area (Å²) < 4.78 is 4.94. The van der Waals surface area contributed by atoms with Gasteiger partial charge in [-0.05, 0) is 18.2 Å². The second-order valence-electron chi connectivity index (χ2n) is 4.94. The van der Waals surface area contributed by atoms with E-state index in [0.717, 1.165) is 4.90 Å². The van der Waals surface area contributed by atoms with E-state index in [1.807, 2.05) is 0 Å². The molecule has 24 heavy (non-hydrogen) atoms. The second-order valence-corrected chi connectivity index (χ2v) is 4.94. The van der Waals surface area contributed by atoms with Crippen molar-refractivity contribution in [1.82, 2.24) is 4.90 Å². The lowest BCUT2D eigenvalue weighted by Crippen LogP contribution is -2.36. The summed E-state index contributed by atoms with van der Waals surface area (Å²) in [6, 6.07) is 11.5. The van der Waals surface area contributed by atoms with Crippen LogP contribution in [0.3, 0.4) is 0 Å². The first-order chi connectivity index (χ1) is 11.5. The minimum Gasteiger partial charge on any atom is -0.418 e. The summed E-state index contributed by atoms with van der Waals surface area (Å²) >= 11 is 0. The van der Waals surface area contributed by atoms with Crippen molar-refractivity contribution in [3.63, 3.8) is 0 Å². The van der Waals surface area contributed by atoms with Crippen LogP contribution in [0.15, 0.2) is 48.5 Å². The molecule has 0 saturated carbocycles. The molecule has 8 nitrogen and oxygen atoms in total. The van der Waals surface area contributed by atoms with Gasteiger partial charge in [0.05, 0.1) is 16.1 Å². The number of imide groups is 1. The number of para-hydroxylation sites is 2. The molecule has 0 fully saturated rings. The highest BCUT2D eigenvalue weighted by Gasteiger charge is 2.36. The molecule has 8 heteroatoms. The third-order valence-corrected chi connectivity index (χ3v) is 3.45. The molecule has 0 N–H and O–H groups in total. The van der Waals surface area contributed by atoms with Gasteiger partial charge >= 0.3 is 11.7 Å². The average Bonchev–Trinajstić information content (AvgIpc) is 2.80. The average molecular weight is 326 g/mol. The summed E-state index contributed by atoms with van der Waals surface area (Å²) in [5.41, 5.74) is 0.0372. The van der Waals surface area contributed by atoms with Crippen LogP contribution in [0.5, 0.6) is 5.75 Å². The molecule has 0 atom stereocenters. The van der Waals surface area contributed by atoms with Gasteiger partial charge in [-0.3, -0.25) is 24.6 Å². The molecule has 0 unspecified atom stereocenters. The Morgan fingerprint density at radius 1 is 1.00 bits per heavy atom. The monoisotopic (exact) mass is 326 g/mol. The molecule has 2 aromatic rings. The fourth-order valence-corrected chi connectivity index (χ4v) is 2.36. The maximum Gasteiger partial charge on any atom is 0.331 e. The molecule has 0 spiro atoms. The number of carbonyl (C=O) groups is 3. The number of fused-ring (bicyclic) bond motifs is 1. The molecule has 1 aliphatic heterocycles. The highest BCUT2D eigenvalue weighted by atomic mass is 16.6. The van der Waals surface area contributed by atoms with Crippen molar-refractivity contribution in [2.45, 2.75) is 0 Å². The van der Waals surface area contributed by atoms with Crippen molar-refractivity contribution in [3.05, 3.63) is 69.8 Å². The summed E-state index contributed by atoms with van der Waals surface area (Å²) in [4.78, 5) is 47.3. The van der Waals surface area contributed by atoms with Crippen LogP contribution < -0.4 is 4.74 Å². The molecule has 120 valence electrons. The molecule has 0 aromatic heterocycles. The number of rotatable bonds is 4. The molecular weight excluding hydrogens is 316 g/mol. The third-order valence-electron chi connectivity index (χ3n) is 3.45. The number of carbonyl (C=O) groups excluding carboxylic acids is 3. The summed E-state index contributed by atoms with van der Waals surface area (Å²) in [7, 11) is 0. The van der Waals surface area contributed by atoms with Crippen LogP contribution in [0.1, 0.15) is 20.7 Å². The summed E-state index contributed by atoms with van der Waals surface area (Å²) in [5.74, 6) is -2.40. The Morgan fingerprint density at radius 2 is 1.54 bits per heavy atom. The van der Waals surface area contributed by atoms with Gasteiger partial charge in [-0.1, -0.05) is 24.3 Å². The number of ether oxygens (including phenoxy) is 1. The largest absolute Gasteiger partial charge is 0.418 e. The fraction of sp³-hybridized carbons (Fsp3) is 0.0625. The van der Waals surface area contributed by atoms with Gasteiger partial charge in [0, 0.05) is 6.07 Å². The Kier molecular flexibility index (Phi) is 3.78. The van der Waals surface area contributed by atoms with Gasteiger partial charge in [0.15, 0.2) is 0 Å². The van der Waals surface area contributed by atoms with E-state index in [1.54, 1.807) is 12.1 Å². The Morgan fingerprint density at radius 3 is 2.12 bits per heavy atom. The Labute approximate surface area is 135 Å². The number of esters is 1. The van der Waals surface area contributed by atoms with Crippen LogP contribution in [-0.2, 0) is 4.79 Å². The Balaban J connectivity index is 1.77. The van der Waals surface area contributed by atoms with Crippen LogP contribution in [0.4, 0.5) is 5.69 Å². The van der Waals surface area contributed by atoms with Gasteiger partial charge in [-0.15, -0.1) is 0 Å². The summed E-state index contributed by atoms with van der Waals surface area (Å²) in [5, 5.41) is 10.9. The third kappa shape index (κ3) is 2.60. The minimum atomic E-state index is -0.946. The quantitative estimate of drug-likeness (QED) is 0.279. The van der Waals surface area contributed by atoms with Gasteiger partial charge in [0.1, 0.15) is 6.54 Å². The molecule has 0 saturated heterocycles. The van der Waals surface area contributed by atoms with E-state index in [1.165, 1.54) is 36.4 Å². The van der Waals surface area contributed by atoms with Crippen molar-refractivity contribution < 1.29 is 24.0 Å². The second kappa shape index (κ2) is 5.92. The number of hydrogen-bond donors (Lipinski definition) is 0. The van der Waals surface area contributed by atoms with Crippen LogP contribution in [0.2, 0.25) is 0 Å². The first kappa shape index (κ1) is 15.3. The minimum absolute atomic E-state index is 0.209. The standard InChI is InChI=1S/C16H10N2O6/c19-14(24-13-8-4-3-7-12(13)18(22)23)9-17-15(20)10-5-1-2-6-11(10)16(17)21/h1-8H,9H2. The lowest BCUT2D eigenvalue weighted by molar-refractivity contribution is -0.385. The van der Waals surface area contributed by atoms with Crippen molar-refractivity contribution >= 4 is 23.5 Å². The summed E-state index contributed by atoms with van der Waals surface area (Å²) in [6.07, 6.45) is 0. The maximum absolute atomic E-state index is 12.2. The lowest BCUT2D eigenvalue weighted by atomic mass is 10.1. The predicted molar refractivity (Wildman–Crippen MR) is 80.5 cm³/mol. The van der Waals surface area contributed by atoms with Crippen molar-refractivity contribution in [3.8, 4) is 5.75 Å². The number of hydrogen-bond acceptors (Lipinski definition) is 6. The predicted octanol–water partition coefficient (Wildman–Crippen LogP) is 1.80. The molecule has 0 aliphatic carbocycles. The fourth-order valence-electron chi connectivity index (χ4n) is 2.36. The highest BCUT2D eigenvalue weighted by Crippen LogP contribution is 2.27. The number of nitro groups is 1. The van der Waals surface area contributed by atoms with Gasteiger partial charge in [-0.25, -0.2) is 4.79 Å². The molecule has 3 rings (SSSR count). The molecule has 0 bridgehead atoms. The molecule has 1 aliphatic rings. The van der Waals surface area contributed by atoms with Crippen LogP contribution in [-0.4, -0.2) is 34.2 Å². The number of benzene rings is 2. The lowest BCUT2D eigenvalue weighted by Gasteiger charge is -2.12. The van der Waals surface area contributed by atoms with E-state index in [4.69, 9.17) is 4.74 Å². The van der Waals surface area contributed by atoms with E-state index in [0.29, 0.717) is 0 Å². The van der Waals surface area contributed by atoms with Gasteiger partial charge in [-0.2, -0.15) is 0 Å². The molecule has 0 radical (unpaired) electrons. The van der Waals surface area contributed by atoms with Crippen molar-refractivity contribution in [2.24, 2.45) is 0 Å². The van der Waals surface area contributed by atoms with E-state index >= 15 is 0 Å². The molecular formula is C16H10N2O6. The van der Waals surface area contributed by atoms with Gasteiger partial charge < -0.3 is 4.74 Å². The Bertz CT molecular complexity index is 841. The van der Waals surface area contributed by atoms with Gasteiger partial charge in [0.25, 0.3) is 11.8 Å². The Hall–Kier alpha value is -3.55. The number of amides is 2. The van der Waals surface area contributed by atoms with Crippen LogP contribution >= 0.6 is 0 Å². The highest BCUT2D eigenvalue weighted by molar-refractivity contribution is 6.22. The number of nitrogens with zero attached hydrogens (tertiary/aromatic N) is 2. The van der Waals surface area contributed by atoms with Crippen LogP contribution in [0.25, 0.3) is 0 Å². The van der Waals surface area contributed by atoms with E-state index in [9.17, 15) is 24.5 Å². The maximum atomic E-state index is 12.2. The zero-order valence-electron chi connectivity index (χ0n) is 12.2. The topological polar surface area (TPSA) is 107 Å². The van der Waals surface area contributed by atoms with E-state index in [2.05, 4.69) is 0 Å². The zero-order valence-corrected chi connectivity index (χ0v) is 12.2. The SMILES string of the molecule is O=C(CN1C(=O)c2ccccc2C1=O)Oc1ccccc1[N+](=O)[O-]. The van der Waals surface area contributed by atoms with Crippen molar-refractivity contribution in [2.75, 3.05) is 6.54 Å². The number of nitro benzene ring substituents is 1. The molecule has 2 aromatic carbocycles. The molecule has 2 amide bonds. The normalized spacial score (nSPS) is 12.9. The van der Waals surface area contributed by atoms with Crippen molar-refractivity contribution in [1.29, 1.82) is 0 Å². The first-order valence-electron chi connectivity index (χ1n) is 6.88. The molecule has 1 heterocycles. The van der Waals surface area contributed by atoms with E-state index in [-0.39, 0.29) is 22.6 Å².